The molecule has 2 saturated heterocycles. The molecule has 2 fully saturated rings. The van der Waals surface area contributed by atoms with Gasteiger partial charge in [0.25, 0.3) is 0 Å². The summed E-state index contributed by atoms with van der Waals surface area (Å²) in [7, 11) is -1.82. The van der Waals surface area contributed by atoms with E-state index in [4.69, 9.17) is 19.5 Å². The number of aromatic nitrogens is 4. The molecule has 13 heteroatoms. The van der Waals surface area contributed by atoms with Gasteiger partial charge in [-0.25, -0.2) is 0 Å². The topological polar surface area (TPSA) is 158 Å². The zero-order valence-electron chi connectivity index (χ0n) is 12.0. The van der Waals surface area contributed by atoms with Gasteiger partial charge in [0, 0.05) is 0 Å². The molecule has 4 rings (SSSR count). The van der Waals surface area contributed by atoms with E-state index in [1.165, 1.54) is 18.5 Å². The Kier molecular flexibility index (Phi) is 3.24. The molecule has 2 aliphatic rings. The van der Waals surface area contributed by atoms with Gasteiger partial charge in [0.15, 0.2) is 0 Å². The van der Waals surface area contributed by atoms with Gasteiger partial charge in [0.2, 0.25) is 0 Å². The first-order valence-electron chi connectivity index (χ1n) is 6.92. The second-order valence-corrected chi connectivity index (χ2v) is 7.88. The number of hydrogen-bond donors (Lipinski definition) is 4. The maximum atomic E-state index is 10.5. The number of rotatable bonds is 1. The average molecular weight is 343 g/mol. The predicted octanol–water partition coefficient (Wildman–Crippen LogP) is -2.18. The monoisotopic (exact) mass is 343 g/mol. The molecule has 0 aromatic carbocycles. The molecule has 2 aromatic rings. The summed E-state index contributed by atoms with van der Waals surface area (Å²) in [6, 6.07) is -0.417. The van der Waals surface area contributed by atoms with Gasteiger partial charge >= 0.3 is 130 Å². The van der Waals surface area contributed by atoms with E-state index in [1.807, 2.05) is 0 Å². The third kappa shape index (κ3) is 2.26. The van der Waals surface area contributed by atoms with Crippen LogP contribution in [0.4, 0.5) is 5.82 Å². The van der Waals surface area contributed by atoms with Gasteiger partial charge in [-0.2, -0.15) is 0 Å². The van der Waals surface area contributed by atoms with Gasteiger partial charge in [-0.05, 0) is 0 Å². The van der Waals surface area contributed by atoms with Crippen LogP contribution in [0, 0.1) is 0 Å². The van der Waals surface area contributed by atoms with Crippen LogP contribution in [0.3, 0.4) is 0 Å². The summed E-state index contributed by atoms with van der Waals surface area (Å²) in [6.45, 7) is 0.0853. The SMILES string of the molecule is B[PH]1(O)OC[C@H]2O[C@@H](n3c(O)nc4c(N)ncnc43)C(O)[C@@H]2O1. The molecule has 4 heterocycles. The summed E-state index contributed by atoms with van der Waals surface area (Å²) < 4.78 is 17.6. The van der Waals surface area contributed by atoms with E-state index < -0.39 is 38.4 Å². The van der Waals surface area contributed by atoms with Crippen molar-refractivity contribution in [3.63, 3.8) is 0 Å². The Morgan fingerprint density at radius 1 is 1.43 bits per heavy atom. The second kappa shape index (κ2) is 4.97. The molecule has 0 spiro atoms. The summed E-state index contributed by atoms with van der Waals surface area (Å²) in [6.07, 6.45) is -2.29. The number of fused-ring (bicyclic) bond motifs is 2. The summed E-state index contributed by atoms with van der Waals surface area (Å²) in [5, 5.41) is 20.6. The van der Waals surface area contributed by atoms with Crippen LogP contribution in [-0.4, -0.2) is 67.1 Å². The fraction of sp³-hybridized carbons (Fsp3) is 0.500. The van der Waals surface area contributed by atoms with Crippen molar-refractivity contribution in [2.45, 2.75) is 24.5 Å². The van der Waals surface area contributed by atoms with E-state index in [1.54, 1.807) is 0 Å². The number of hydrogen-bond acceptors (Lipinski definition) is 10. The third-order valence-electron chi connectivity index (χ3n) is 3.92. The van der Waals surface area contributed by atoms with E-state index in [2.05, 4.69) is 15.0 Å². The van der Waals surface area contributed by atoms with Gasteiger partial charge in [0.05, 0.1) is 0 Å². The fourth-order valence-electron chi connectivity index (χ4n) is 2.88. The molecule has 0 amide bonds. The Morgan fingerprint density at radius 2 is 2.22 bits per heavy atom. The number of imidazole rings is 1. The number of aliphatic hydroxyl groups excluding tert-OH is 1. The van der Waals surface area contributed by atoms with Crippen molar-refractivity contribution in [1.29, 1.82) is 0 Å². The second-order valence-electron chi connectivity index (χ2n) is 5.56. The number of nitrogen functional groups attached to an aromatic ring is 1. The number of aromatic hydroxyl groups is 1. The molecular weight excluding hydrogens is 328 g/mol. The van der Waals surface area contributed by atoms with Crippen molar-refractivity contribution in [1.82, 2.24) is 19.5 Å². The number of nitrogens with two attached hydrogens (primary N) is 1. The Hall–Kier alpha value is -1.56. The molecule has 2 aromatic heterocycles. The van der Waals surface area contributed by atoms with Gasteiger partial charge in [-0.3, -0.25) is 0 Å². The zero-order chi connectivity index (χ0) is 16.4. The standard InChI is InChI=1S/C10H15BN5O6P/c11-23(19)20-1-3-6(22-23)5(17)9(21-3)16-8-4(15-10(16)18)7(12)13-2-14-8/h2-3,5-6,9,17,19,23H,1,11H2,(H,15,18)(H2,12,13,14)/t3-,5?,6-,9-/m1/s1. The van der Waals surface area contributed by atoms with Crippen molar-refractivity contribution in [3.05, 3.63) is 6.33 Å². The molecule has 1 unspecified atom stereocenters. The zero-order valence-corrected chi connectivity index (χ0v) is 13.0. The molecule has 11 nitrogen and oxygen atoms in total. The molecule has 23 heavy (non-hydrogen) atoms. The van der Waals surface area contributed by atoms with Crippen LogP contribution in [0.15, 0.2) is 6.33 Å². The first-order valence-corrected chi connectivity index (χ1v) is 9.19. The van der Waals surface area contributed by atoms with Crippen LogP contribution in [-0.2, 0) is 13.8 Å². The summed E-state index contributed by atoms with van der Waals surface area (Å²) in [5.41, 5.74) is 6.14. The number of nitrogens with zero attached hydrogens (tertiary/aromatic N) is 4. The average Bonchev–Trinajstić information content (AvgIpc) is 2.97. The summed E-state index contributed by atoms with van der Waals surface area (Å²) in [5.74, 6) is 0.101. The van der Waals surface area contributed by atoms with E-state index in [0.29, 0.717) is 0 Å². The van der Waals surface area contributed by atoms with Crippen molar-refractivity contribution in [2.75, 3.05) is 12.3 Å². The molecule has 2 aliphatic heterocycles. The van der Waals surface area contributed by atoms with E-state index >= 15 is 0 Å². The van der Waals surface area contributed by atoms with Crippen LogP contribution < -0.4 is 5.73 Å². The Morgan fingerprint density at radius 3 is 3.00 bits per heavy atom. The molecule has 124 valence electrons. The van der Waals surface area contributed by atoms with Crippen molar-refractivity contribution in [3.8, 4) is 6.01 Å². The van der Waals surface area contributed by atoms with E-state index in [0.717, 1.165) is 0 Å². The van der Waals surface area contributed by atoms with Crippen LogP contribution in [0.5, 0.6) is 6.01 Å². The molecule has 0 aliphatic carbocycles. The summed E-state index contributed by atoms with van der Waals surface area (Å²) >= 11 is 0. The van der Waals surface area contributed by atoms with Crippen molar-refractivity contribution < 1.29 is 28.9 Å². The number of ether oxygens (including phenoxy) is 1. The summed E-state index contributed by atoms with van der Waals surface area (Å²) in [4.78, 5) is 21.7. The van der Waals surface area contributed by atoms with Gasteiger partial charge in [0.1, 0.15) is 0 Å². The number of aliphatic hydroxyl groups is 1. The van der Waals surface area contributed by atoms with Crippen LogP contribution in [0.1, 0.15) is 6.23 Å². The first-order chi connectivity index (χ1) is 10.9. The minimum atomic E-state index is -3.28. The van der Waals surface area contributed by atoms with Crippen molar-refractivity contribution >= 4 is 32.4 Å². The number of anilines is 1. The maximum absolute atomic E-state index is 10.5. The molecule has 5 N–H and O–H groups in total. The predicted molar refractivity (Wildman–Crippen MR) is 81.2 cm³/mol. The third-order valence-corrected chi connectivity index (χ3v) is 5.33. The van der Waals surface area contributed by atoms with Gasteiger partial charge in [-0.15, -0.1) is 0 Å². The fourth-order valence-corrected chi connectivity index (χ4v) is 4.22. The molecular formula is C10H15BN5O6P. The molecule has 0 saturated carbocycles. The first kappa shape index (κ1) is 15.0. The normalized spacial score (nSPS) is 34.3. The minimum absolute atomic E-state index is 0.0853. The Bertz CT molecular complexity index is 774. The van der Waals surface area contributed by atoms with Crippen LogP contribution in [0.25, 0.3) is 11.2 Å². The Labute approximate surface area is 131 Å². The van der Waals surface area contributed by atoms with Crippen molar-refractivity contribution in [2.24, 2.45) is 0 Å². The molecule has 0 bridgehead atoms. The van der Waals surface area contributed by atoms with Crippen LogP contribution in [0.2, 0.25) is 0 Å². The molecule has 0 radical (unpaired) electrons. The molecule has 4 atom stereocenters. The van der Waals surface area contributed by atoms with Gasteiger partial charge < -0.3 is 0 Å². The van der Waals surface area contributed by atoms with E-state index in [9.17, 15) is 15.1 Å². The van der Waals surface area contributed by atoms with E-state index in [-0.39, 0.29) is 23.6 Å². The van der Waals surface area contributed by atoms with Gasteiger partial charge in [-0.1, -0.05) is 0 Å². The quantitative estimate of drug-likeness (QED) is 0.331. The van der Waals surface area contributed by atoms with Crippen LogP contribution >= 0.6 is 7.82 Å². The Balaban J connectivity index is 1.75.